The summed E-state index contributed by atoms with van der Waals surface area (Å²) in [4.78, 5) is 24.3. The van der Waals surface area contributed by atoms with E-state index in [-0.39, 0.29) is 18.6 Å². The lowest BCUT2D eigenvalue weighted by Gasteiger charge is -2.23. The van der Waals surface area contributed by atoms with Gasteiger partial charge in [0, 0.05) is 60.2 Å². The van der Waals surface area contributed by atoms with Gasteiger partial charge in [-0.2, -0.15) is 10.2 Å². The Kier molecular flexibility index (Phi) is 12.1. The molecule has 0 saturated carbocycles. The Morgan fingerprint density at radius 3 is 2.64 bits per heavy atom. The molecule has 1 fully saturated rings. The molecule has 1 aliphatic heterocycles. The van der Waals surface area contributed by atoms with Crippen LogP contribution in [0.4, 0.5) is 4.79 Å². The third kappa shape index (κ3) is 10.4. The maximum atomic E-state index is 12.4. The van der Waals surface area contributed by atoms with Gasteiger partial charge in [0.25, 0.3) is 0 Å². The number of aromatic nitrogens is 2. The molecular weight excluding hydrogens is 572 g/mol. The molecule has 242 valence electrons. The van der Waals surface area contributed by atoms with Crippen LogP contribution in [0.5, 0.6) is 0 Å². The van der Waals surface area contributed by atoms with E-state index in [1.807, 2.05) is 50.6 Å². The van der Waals surface area contributed by atoms with Gasteiger partial charge in [0.2, 0.25) is 0 Å². The molecule has 1 saturated heterocycles. The molecule has 45 heavy (non-hydrogen) atoms. The number of nitrogens with one attached hydrogen (secondary N) is 2. The first-order chi connectivity index (χ1) is 21.3. The maximum absolute atomic E-state index is 12.4. The molecule has 2 aromatic rings. The van der Waals surface area contributed by atoms with E-state index in [0.29, 0.717) is 41.4 Å². The lowest BCUT2D eigenvalue weighted by molar-refractivity contribution is -0.0366. The van der Waals surface area contributed by atoms with Gasteiger partial charge in [-0.3, -0.25) is 9.80 Å². The molecule has 1 aliphatic rings. The van der Waals surface area contributed by atoms with Gasteiger partial charge >= 0.3 is 6.09 Å². The molecule has 1 amide bonds. The zero-order valence-corrected chi connectivity index (χ0v) is 26.9. The van der Waals surface area contributed by atoms with E-state index in [9.17, 15) is 9.59 Å². The smallest absolute Gasteiger partial charge is 0.407 e. The summed E-state index contributed by atoms with van der Waals surface area (Å²) in [6.07, 6.45) is 12.7. The van der Waals surface area contributed by atoms with Crippen molar-refractivity contribution in [2.75, 3.05) is 19.7 Å². The number of allylic oxidation sites excluding steroid dienone is 2. The standard InChI is InChI=1S/C33H46N8O4/c1-8-24(17-38-32(43)45-33(4,5)6)13-12-22(2)37-18-26(34)20-40(36-7)21-29(35)27-15-25(23(3)42)16-30-28(27)19-39-41(30)31-11-9-10-14-44-31/h8,12-13,15-16,18-19,21,31,37H,2,7,9-11,14,17,20,34-35H2,1,3-6H3,(H,38,43)/b13-12-,24-8+,26-18-,29-21-. The Morgan fingerprint density at radius 1 is 1.27 bits per heavy atom. The second-order valence-electron chi connectivity index (χ2n) is 11.7. The summed E-state index contributed by atoms with van der Waals surface area (Å²) in [6.45, 7) is 17.6. The summed E-state index contributed by atoms with van der Waals surface area (Å²) in [7, 11) is 0. The largest absolute Gasteiger partial charge is 0.444 e. The van der Waals surface area contributed by atoms with Crippen molar-refractivity contribution in [1.29, 1.82) is 0 Å². The minimum Gasteiger partial charge on any atom is -0.444 e. The zero-order valence-electron chi connectivity index (χ0n) is 26.9. The molecule has 12 nitrogen and oxygen atoms in total. The van der Waals surface area contributed by atoms with Gasteiger partial charge in [-0.05, 0) is 77.7 Å². The molecule has 1 aromatic heterocycles. The highest BCUT2D eigenvalue weighted by Crippen LogP contribution is 2.30. The van der Waals surface area contributed by atoms with Gasteiger partial charge in [0.05, 0.1) is 24.0 Å². The molecule has 1 atom stereocenters. The molecule has 12 heteroatoms. The number of ketones is 1. The minimum absolute atomic E-state index is 0.0876. The predicted octanol–water partition coefficient (Wildman–Crippen LogP) is 5.04. The van der Waals surface area contributed by atoms with E-state index in [0.717, 1.165) is 35.7 Å². The van der Waals surface area contributed by atoms with Crippen LogP contribution in [-0.4, -0.2) is 58.7 Å². The van der Waals surface area contributed by atoms with E-state index in [2.05, 4.69) is 34.1 Å². The summed E-state index contributed by atoms with van der Waals surface area (Å²) in [6, 6.07) is 3.58. The van der Waals surface area contributed by atoms with Crippen molar-refractivity contribution < 1.29 is 19.1 Å². The summed E-state index contributed by atoms with van der Waals surface area (Å²) in [5, 5.41) is 16.7. The number of carbonyl (C=O) groups is 2. The molecule has 0 spiro atoms. The summed E-state index contributed by atoms with van der Waals surface area (Å²) in [5.41, 5.74) is 16.4. The van der Waals surface area contributed by atoms with Crippen molar-refractivity contribution in [3.05, 3.63) is 83.6 Å². The third-order valence-corrected chi connectivity index (χ3v) is 6.82. The van der Waals surface area contributed by atoms with Crippen molar-refractivity contribution in [3.8, 4) is 0 Å². The Balaban J connectivity index is 1.68. The number of benzene rings is 1. The third-order valence-electron chi connectivity index (χ3n) is 6.82. The van der Waals surface area contributed by atoms with Crippen molar-refractivity contribution in [2.24, 2.45) is 16.6 Å². The summed E-state index contributed by atoms with van der Waals surface area (Å²) >= 11 is 0. The first-order valence-electron chi connectivity index (χ1n) is 14.9. The monoisotopic (exact) mass is 618 g/mol. The average Bonchev–Trinajstić information content (AvgIpc) is 3.43. The number of ether oxygens (including phenoxy) is 2. The molecule has 0 radical (unpaired) electrons. The molecule has 1 unspecified atom stereocenters. The Bertz CT molecular complexity index is 1520. The number of nitrogens with two attached hydrogens (primary N) is 2. The lowest BCUT2D eigenvalue weighted by atomic mass is 10.0. The molecule has 6 N–H and O–H groups in total. The topological polar surface area (TPSA) is 162 Å². The van der Waals surface area contributed by atoms with Crippen LogP contribution in [0, 0.1) is 0 Å². The number of hydrazone groups is 1. The number of alkyl carbamates (subject to hydrolysis) is 1. The van der Waals surface area contributed by atoms with Crippen LogP contribution < -0.4 is 22.1 Å². The van der Waals surface area contributed by atoms with Gasteiger partial charge in [0.15, 0.2) is 12.0 Å². The van der Waals surface area contributed by atoms with Crippen molar-refractivity contribution in [2.45, 2.75) is 65.7 Å². The molecule has 3 rings (SSSR count). The average molecular weight is 619 g/mol. The second-order valence-corrected chi connectivity index (χ2v) is 11.7. The highest BCUT2D eigenvalue weighted by atomic mass is 16.6. The highest BCUT2D eigenvalue weighted by Gasteiger charge is 2.21. The summed E-state index contributed by atoms with van der Waals surface area (Å²) in [5.74, 6) is -0.0876. The molecular formula is C33H46N8O4. The van der Waals surface area contributed by atoms with Crippen LogP contribution in [0.1, 0.15) is 76.0 Å². The summed E-state index contributed by atoms with van der Waals surface area (Å²) < 4.78 is 13.0. The van der Waals surface area contributed by atoms with Gasteiger partial charge in [-0.15, -0.1) is 0 Å². The first-order valence-corrected chi connectivity index (χ1v) is 14.9. The van der Waals surface area contributed by atoms with Crippen LogP contribution in [0.25, 0.3) is 16.6 Å². The predicted molar refractivity (Wildman–Crippen MR) is 179 cm³/mol. The van der Waals surface area contributed by atoms with Crippen LogP contribution in [0.15, 0.2) is 77.6 Å². The number of Topliss-reactive ketones (excluding diaryl/α,β-unsaturated/α-hetero) is 1. The van der Waals surface area contributed by atoms with Gasteiger partial charge in [-0.25, -0.2) is 9.48 Å². The number of hydrogen-bond donors (Lipinski definition) is 4. The Hall–Kier alpha value is -4.84. The quantitative estimate of drug-likeness (QED) is 0.104. The van der Waals surface area contributed by atoms with E-state index < -0.39 is 11.7 Å². The number of amides is 1. The fourth-order valence-electron chi connectivity index (χ4n) is 4.52. The highest BCUT2D eigenvalue weighted by molar-refractivity contribution is 6.01. The van der Waals surface area contributed by atoms with Crippen molar-refractivity contribution >= 4 is 35.2 Å². The second kappa shape index (κ2) is 15.8. The number of hydrogen-bond acceptors (Lipinski definition) is 10. The van der Waals surface area contributed by atoms with E-state index in [4.69, 9.17) is 20.9 Å². The normalized spacial score (nSPS) is 16.5. The Labute approximate surface area is 265 Å². The Morgan fingerprint density at radius 2 is 2.02 bits per heavy atom. The van der Waals surface area contributed by atoms with Gasteiger partial charge < -0.3 is 31.6 Å². The fourth-order valence-corrected chi connectivity index (χ4v) is 4.52. The maximum Gasteiger partial charge on any atom is 0.407 e. The van der Waals surface area contributed by atoms with Crippen LogP contribution >= 0.6 is 0 Å². The van der Waals surface area contributed by atoms with Crippen molar-refractivity contribution in [1.82, 2.24) is 25.4 Å². The molecule has 0 aliphatic carbocycles. The lowest BCUT2D eigenvalue weighted by Crippen LogP contribution is -2.33. The van der Waals surface area contributed by atoms with Gasteiger partial charge in [0.1, 0.15) is 5.60 Å². The molecule has 1 aromatic carbocycles. The fraction of sp³-hybridized carbons (Fsp3) is 0.394. The molecule has 0 bridgehead atoms. The number of rotatable bonds is 13. The zero-order chi connectivity index (χ0) is 33.1. The van der Waals surface area contributed by atoms with Gasteiger partial charge in [-0.1, -0.05) is 18.7 Å². The minimum atomic E-state index is -0.569. The van der Waals surface area contributed by atoms with Crippen molar-refractivity contribution in [3.63, 3.8) is 0 Å². The van der Waals surface area contributed by atoms with Crippen LogP contribution in [0.3, 0.4) is 0 Å². The van der Waals surface area contributed by atoms with Crippen LogP contribution in [-0.2, 0) is 9.47 Å². The van der Waals surface area contributed by atoms with E-state index in [1.165, 1.54) is 11.9 Å². The SMILES string of the molecule is C=NN(/C=C(\N)c1cc(C(C)=O)cc2c1cnn2C1CCCCO1)C/C(N)=C/NC(=C)/C=C\C(=C/C)CNC(=O)OC(C)(C)C. The number of carbonyl (C=O) groups excluding carboxylic acids is 2. The molecule has 2 heterocycles. The van der Waals surface area contributed by atoms with E-state index in [1.54, 1.807) is 30.7 Å². The number of nitrogens with zero attached hydrogens (tertiary/aromatic N) is 4. The van der Waals surface area contributed by atoms with Crippen LogP contribution in [0.2, 0.25) is 0 Å². The number of fused-ring (bicyclic) bond motifs is 1. The first kappa shape index (κ1) is 34.6. The van der Waals surface area contributed by atoms with E-state index >= 15 is 0 Å².